The van der Waals surface area contributed by atoms with Crippen LogP contribution in [-0.4, -0.2) is 24.2 Å². The largest absolute Gasteiger partial charge is 0.481 e. The average Bonchev–Trinajstić information content (AvgIpc) is 1.88. The number of carbonyl (C=O) groups is 1. The SMILES string of the molecule is C[C@@H]1CNC[C@@H](C(=O)O)C1. The molecule has 0 aromatic rings. The van der Waals surface area contributed by atoms with Gasteiger partial charge in [0, 0.05) is 6.54 Å². The fraction of sp³-hybridized carbons (Fsp3) is 0.857. The van der Waals surface area contributed by atoms with Gasteiger partial charge in [0.05, 0.1) is 5.92 Å². The first kappa shape index (κ1) is 7.54. The number of rotatable bonds is 1. The predicted molar refractivity (Wildman–Crippen MR) is 37.8 cm³/mol. The Morgan fingerprint density at radius 2 is 2.30 bits per heavy atom. The van der Waals surface area contributed by atoms with Gasteiger partial charge in [-0.2, -0.15) is 0 Å². The van der Waals surface area contributed by atoms with Gasteiger partial charge in [-0.3, -0.25) is 4.79 Å². The van der Waals surface area contributed by atoms with Crippen molar-refractivity contribution in [2.45, 2.75) is 13.3 Å². The number of piperidine rings is 1. The summed E-state index contributed by atoms with van der Waals surface area (Å²) in [4.78, 5) is 10.5. The maximum atomic E-state index is 10.5. The van der Waals surface area contributed by atoms with E-state index in [0.29, 0.717) is 12.5 Å². The Balaban J connectivity index is 2.39. The molecule has 2 N–H and O–H groups in total. The first-order chi connectivity index (χ1) is 4.70. The minimum Gasteiger partial charge on any atom is -0.481 e. The molecule has 1 aliphatic heterocycles. The van der Waals surface area contributed by atoms with E-state index in [1.807, 2.05) is 0 Å². The Morgan fingerprint density at radius 3 is 2.70 bits per heavy atom. The molecule has 3 nitrogen and oxygen atoms in total. The zero-order chi connectivity index (χ0) is 7.56. The van der Waals surface area contributed by atoms with E-state index < -0.39 is 5.97 Å². The molecule has 1 saturated heterocycles. The molecule has 0 saturated carbocycles. The summed E-state index contributed by atoms with van der Waals surface area (Å²) in [7, 11) is 0. The molecule has 1 aliphatic rings. The first-order valence-corrected chi connectivity index (χ1v) is 3.63. The number of carboxylic acids is 1. The van der Waals surface area contributed by atoms with Gasteiger partial charge in [0.1, 0.15) is 0 Å². The summed E-state index contributed by atoms with van der Waals surface area (Å²) in [6.07, 6.45) is 0.822. The molecule has 0 spiro atoms. The van der Waals surface area contributed by atoms with Crippen molar-refractivity contribution in [3.63, 3.8) is 0 Å². The van der Waals surface area contributed by atoms with Crippen LogP contribution in [0.1, 0.15) is 13.3 Å². The number of aliphatic carboxylic acids is 1. The lowest BCUT2D eigenvalue weighted by Gasteiger charge is -2.24. The van der Waals surface area contributed by atoms with Gasteiger partial charge in [0.25, 0.3) is 0 Å². The summed E-state index contributed by atoms with van der Waals surface area (Å²) in [5.74, 6) is -0.322. The van der Waals surface area contributed by atoms with Crippen molar-refractivity contribution in [1.29, 1.82) is 0 Å². The van der Waals surface area contributed by atoms with Gasteiger partial charge < -0.3 is 10.4 Å². The summed E-state index contributed by atoms with van der Waals surface area (Å²) < 4.78 is 0. The Labute approximate surface area is 60.4 Å². The summed E-state index contributed by atoms with van der Waals surface area (Å²) in [6, 6.07) is 0. The van der Waals surface area contributed by atoms with Crippen molar-refractivity contribution in [3.05, 3.63) is 0 Å². The van der Waals surface area contributed by atoms with Crippen molar-refractivity contribution < 1.29 is 9.90 Å². The predicted octanol–water partition coefficient (Wildman–Crippen LogP) is 0.317. The third-order valence-corrected chi connectivity index (χ3v) is 1.92. The van der Waals surface area contributed by atoms with Crippen LogP contribution in [0.3, 0.4) is 0 Å². The Bertz CT molecular complexity index is 136. The van der Waals surface area contributed by atoms with Gasteiger partial charge in [-0.1, -0.05) is 6.92 Å². The highest BCUT2D eigenvalue weighted by atomic mass is 16.4. The molecule has 0 aliphatic carbocycles. The molecule has 0 aromatic carbocycles. The lowest BCUT2D eigenvalue weighted by Crippen LogP contribution is -2.38. The van der Waals surface area contributed by atoms with E-state index in [0.717, 1.165) is 13.0 Å². The zero-order valence-electron chi connectivity index (χ0n) is 6.13. The summed E-state index contributed by atoms with van der Waals surface area (Å²) in [5, 5.41) is 11.7. The lowest BCUT2D eigenvalue weighted by molar-refractivity contribution is -0.142. The fourth-order valence-corrected chi connectivity index (χ4v) is 1.34. The van der Waals surface area contributed by atoms with Crippen LogP contribution in [0, 0.1) is 11.8 Å². The van der Waals surface area contributed by atoms with E-state index in [1.165, 1.54) is 0 Å². The monoisotopic (exact) mass is 143 g/mol. The van der Waals surface area contributed by atoms with Crippen molar-refractivity contribution in [2.24, 2.45) is 11.8 Å². The molecule has 1 heterocycles. The van der Waals surface area contributed by atoms with Crippen LogP contribution in [-0.2, 0) is 4.79 Å². The molecule has 0 unspecified atom stereocenters. The minimum atomic E-state index is -0.668. The molecule has 0 amide bonds. The highest BCUT2D eigenvalue weighted by Crippen LogP contribution is 2.15. The molecular weight excluding hydrogens is 130 g/mol. The Morgan fingerprint density at radius 1 is 1.60 bits per heavy atom. The van der Waals surface area contributed by atoms with Crippen molar-refractivity contribution in [1.82, 2.24) is 5.32 Å². The standard InChI is InChI=1S/C7H13NO2/c1-5-2-6(7(9)10)4-8-3-5/h5-6,8H,2-4H2,1H3,(H,9,10)/t5-,6-/m0/s1. The van der Waals surface area contributed by atoms with Crippen LogP contribution < -0.4 is 5.32 Å². The maximum Gasteiger partial charge on any atom is 0.307 e. The number of carboxylic acid groups (broad SMARTS) is 1. The van der Waals surface area contributed by atoms with Crippen LogP contribution in [0.25, 0.3) is 0 Å². The zero-order valence-corrected chi connectivity index (χ0v) is 6.13. The molecule has 1 rings (SSSR count). The molecule has 3 heteroatoms. The van der Waals surface area contributed by atoms with Crippen LogP contribution in [0.2, 0.25) is 0 Å². The third-order valence-electron chi connectivity index (χ3n) is 1.92. The highest BCUT2D eigenvalue weighted by Gasteiger charge is 2.23. The Hall–Kier alpha value is -0.570. The molecule has 1 fully saturated rings. The van der Waals surface area contributed by atoms with Crippen molar-refractivity contribution in [2.75, 3.05) is 13.1 Å². The topological polar surface area (TPSA) is 49.3 Å². The van der Waals surface area contributed by atoms with Gasteiger partial charge in [-0.15, -0.1) is 0 Å². The molecular formula is C7H13NO2. The van der Waals surface area contributed by atoms with Crippen LogP contribution in [0.4, 0.5) is 0 Å². The number of hydrogen-bond acceptors (Lipinski definition) is 2. The van der Waals surface area contributed by atoms with E-state index in [4.69, 9.17) is 5.11 Å². The smallest absolute Gasteiger partial charge is 0.307 e. The molecule has 10 heavy (non-hydrogen) atoms. The van der Waals surface area contributed by atoms with E-state index in [9.17, 15) is 4.79 Å². The highest BCUT2D eigenvalue weighted by molar-refractivity contribution is 5.70. The van der Waals surface area contributed by atoms with Crippen LogP contribution >= 0.6 is 0 Å². The molecule has 0 radical (unpaired) electrons. The minimum absolute atomic E-state index is 0.163. The quantitative estimate of drug-likeness (QED) is 0.555. The molecule has 2 atom stereocenters. The average molecular weight is 143 g/mol. The Kier molecular flexibility index (Phi) is 2.27. The lowest BCUT2D eigenvalue weighted by atomic mass is 9.92. The fourth-order valence-electron chi connectivity index (χ4n) is 1.34. The van der Waals surface area contributed by atoms with Gasteiger partial charge in [0.15, 0.2) is 0 Å². The molecule has 0 bridgehead atoms. The maximum absolute atomic E-state index is 10.5. The number of nitrogens with one attached hydrogen (secondary N) is 1. The second kappa shape index (κ2) is 3.01. The van der Waals surface area contributed by atoms with E-state index in [1.54, 1.807) is 0 Å². The van der Waals surface area contributed by atoms with Gasteiger partial charge in [-0.25, -0.2) is 0 Å². The third kappa shape index (κ3) is 1.70. The van der Waals surface area contributed by atoms with E-state index in [-0.39, 0.29) is 5.92 Å². The van der Waals surface area contributed by atoms with Crippen LogP contribution in [0.5, 0.6) is 0 Å². The van der Waals surface area contributed by atoms with Crippen LogP contribution in [0.15, 0.2) is 0 Å². The molecule has 58 valence electrons. The molecule has 0 aromatic heterocycles. The normalized spacial score (nSPS) is 33.7. The van der Waals surface area contributed by atoms with E-state index in [2.05, 4.69) is 12.2 Å². The second-order valence-corrected chi connectivity index (χ2v) is 3.03. The van der Waals surface area contributed by atoms with Crippen molar-refractivity contribution >= 4 is 5.97 Å². The van der Waals surface area contributed by atoms with Gasteiger partial charge >= 0.3 is 5.97 Å². The first-order valence-electron chi connectivity index (χ1n) is 3.63. The van der Waals surface area contributed by atoms with Crippen molar-refractivity contribution in [3.8, 4) is 0 Å². The second-order valence-electron chi connectivity index (χ2n) is 3.03. The van der Waals surface area contributed by atoms with Gasteiger partial charge in [0.2, 0.25) is 0 Å². The summed E-state index contributed by atoms with van der Waals surface area (Å²) in [5.41, 5.74) is 0. The summed E-state index contributed by atoms with van der Waals surface area (Å²) >= 11 is 0. The number of hydrogen-bond donors (Lipinski definition) is 2. The van der Waals surface area contributed by atoms with Gasteiger partial charge in [-0.05, 0) is 18.9 Å². The van der Waals surface area contributed by atoms with E-state index >= 15 is 0 Å². The summed E-state index contributed by atoms with van der Waals surface area (Å²) in [6.45, 7) is 3.67.